The smallest absolute Gasteiger partial charge is 0.173 e. The molecule has 1 aliphatic heterocycles. The van der Waals surface area contributed by atoms with Crippen LogP contribution in [0.25, 0.3) is 0 Å². The molecule has 2 aromatic rings. The van der Waals surface area contributed by atoms with Gasteiger partial charge < -0.3 is 15.1 Å². The third-order valence-electron chi connectivity index (χ3n) is 5.12. The van der Waals surface area contributed by atoms with Crippen molar-refractivity contribution in [3.8, 4) is 6.07 Å². The van der Waals surface area contributed by atoms with Gasteiger partial charge in [0.2, 0.25) is 0 Å². The number of aryl methyl sites for hydroxylation is 2. The highest BCUT2D eigenvalue weighted by Crippen LogP contribution is 2.20. The zero-order valence-electron chi connectivity index (χ0n) is 16.6. The molecule has 5 nitrogen and oxygen atoms in total. The van der Waals surface area contributed by atoms with Crippen LogP contribution in [0.1, 0.15) is 36.5 Å². The molecule has 1 saturated heterocycles. The van der Waals surface area contributed by atoms with E-state index >= 15 is 0 Å². The number of piperazine rings is 1. The number of nitriles is 1. The van der Waals surface area contributed by atoms with Crippen LogP contribution in [-0.2, 0) is 6.42 Å². The van der Waals surface area contributed by atoms with E-state index in [2.05, 4.69) is 58.2 Å². The molecule has 3 rings (SSSR count). The fourth-order valence-corrected chi connectivity index (χ4v) is 3.67. The van der Waals surface area contributed by atoms with Gasteiger partial charge in [0, 0.05) is 38.1 Å². The number of unbranched alkanes of at least 4 members (excludes halogenated alkanes) is 1. The summed E-state index contributed by atoms with van der Waals surface area (Å²) in [5.74, 6) is 0.913. The first-order valence-electron chi connectivity index (χ1n) is 9.87. The SMILES string of the molecule is CCCCc1ccc(NC(=S)N2CCN(c3ccc(C#N)cn3)CC2)c(C)c1. The number of anilines is 2. The molecule has 0 saturated carbocycles. The van der Waals surface area contributed by atoms with Gasteiger partial charge in [-0.15, -0.1) is 0 Å². The molecule has 2 heterocycles. The molecular formula is C22H27N5S. The summed E-state index contributed by atoms with van der Waals surface area (Å²) in [5.41, 5.74) is 4.29. The van der Waals surface area contributed by atoms with Crippen molar-refractivity contribution in [3.63, 3.8) is 0 Å². The van der Waals surface area contributed by atoms with Crippen molar-refractivity contribution in [1.82, 2.24) is 9.88 Å². The van der Waals surface area contributed by atoms with Crippen molar-refractivity contribution in [2.24, 2.45) is 0 Å². The van der Waals surface area contributed by atoms with Gasteiger partial charge in [-0.2, -0.15) is 5.26 Å². The van der Waals surface area contributed by atoms with Crippen LogP contribution in [0.3, 0.4) is 0 Å². The second-order valence-corrected chi connectivity index (χ2v) is 7.56. The molecule has 0 spiro atoms. The number of benzene rings is 1. The minimum absolute atomic E-state index is 0.587. The van der Waals surface area contributed by atoms with Gasteiger partial charge in [0.15, 0.2) is 5.11 Å². The largest absolute Gasteiger partial charge is 0.353 e. The fraction of sp³-hybridized carbons (Fsp3) is 0.409. The highest BCUT2D eigenvalue weighted by Gasteiger charge is 2.20. The topological polar surface area (TPSA) is 55.2 Å². The summed E-state index contributed by atoms with van der Waals surface area (Å²) in [5, 5.41) is 13.1. The summed E-state index contributed by atoms with van der Waals surface area (Å²) in [6.45, 7) is 7.76. The standard InChI is InChI=1S/C22H27N5S/c1-3-4-5-18-6-8-20(17(2)14-18)25-22(28)27-12-10-26(11-13-27)21-9-7-19(15-23)16-24-21/h6-9,14,16H,3-5,10-13H2,1-2H3,(H,25,28). The lowest BCUT2D eigenvalue weighted by Gasteiger charge is -2.37. The van der Waals surface area contributed by atoms with Crippen molar-refractivity contribution < 1.29 is 0 Å². The molecule has 0 unspecified atom stereocenters. The van der Waals surface area contributed by atoms with Gasteiger partial charge in [0.05, 0.1) is 5.56 Å². The molecular weight excluding hydrogens is 366 g/mol. The number of rotatable bonds is 5. The highest BCUT2D eigenvalue weighted by atomic mass is 32.1. The molecule has 1 fully saturated rings. The Morgan fingerprint density at radius 2 is 2.00 bits per heavy atom. The number of pyridine rings is 1. The van der Waals surface area contributed by atoms with E-state index in [1.54, 1.807) is 6.20 Å². The van der Waals surface area contributed by atoms with Gasteiger partial charge in [-0.3, -0.25) is 0 Å². The summed E-state index contributed by atoms with van der Waals surface area (Å²) >= 11 is 5.65. The molecule has 0 amide bonds. The zero-order chi connectivity index (χ0) is 19.9. The number of nitrogens with zero attached hydrogens (tertiary/aromatic N) is 4. The van der Waals surface area contributed by atoms with Crippen LogP contribution in [0.2, 0.25) is 0 Å². The monoisotopic (exact) mass is 393 g/mol. The highest BCUT2D eigenvalue weighted by molar-refractivity contribution is 7.80. The molecule has 1 aromatic heterocycles. The van der Waals surface area contributed by atoms with Crippen LogP contribution < -0.4 is 10.2 Å². The van der Waals surface area contributed by atoms with Crippen molar-refractivity contribution in [2.75, 3.05) is 36.4 Å². The lowest BCUT2D eigenvalue weighted by Crippen LogP contribution is -2.50. The molecule has 28 heavy (non-hydrogen) atoms. The molecule has 0 radical (unpaired) electrons. The van der Waals surface area contributed by atoms with Crippen LogP contribution in [0, 0.1) is 18.3 Å². The normalized spacial score (nSPS) is 13.9. The van der Waals surface area contributed by atoms with Gasteiger partial charge in [0.1, 0.15) is 11.9 Å². The van der Waals surface area contributed by atoms with Crippen LogP contribution in [0.4, 0.5) is 11.5 Å². The molecule has 146 valence electrons. The first-order valence-corrected chi connectivity index (χ1v) is 10.3. The summed E-state index contributed by atoms with van der Waals surface area (Å²) in [7, 11) is 0. The average Bonchev–Trinajstić information content (AvgIpc) is 2.74. The first kappa shape index (κ1) is 20.1. The molecule has 1 aromatic carbocycles. The Kier molecular flexibility index (Phi) is 6.83. The lowest BCUT2D eigenvalue weighted by molar-refractivity contribution is 0.389. The Balaban J connectivity index is 1.54. The van der Waals surface area contributed by atoms with Crippen molar-refractivity contribution in [2.45, 2.75) is 33.1 Å². The van der Waals surface area contributed by atoms with Crippen molar-refractivity contribution in [3.05, 3.63) is 53.2 Å². The molecule has 0 bridgehead atoms. The maximum atomic E-state index is 8.90. The van der Waals surface area contributed by atoms with Gasteiger partial charge in [-0.1, -0.05) is 25.5 Å². The third kappa shape index (κ3) is 4.99. The van der Waals surface area contributed by atoms with Gasteiger partial charge in [-0.05, 0) is 61.3 Å². The predicted molar refractivity (Wildman–Crippen MR) is 119 cm³/mol. The molecule has 0 aliphatic carbocycles. The minimum Gasteiger partial charge on any atom is -0.353 e. The Bertz CT molecular complexity index is 848. The Hall–Kier alpha value is -2.65. The quantitative estimate of drug-likeness (QED) is 0.771. The minimum atomic E-state index is 0.587. The van der Waals surface area contributed by atoms with Crippen LogP contribution >= 0.6 is 12.2 Å². The summed E-state index contributed by atoms with van der Waals surface area (Å²) < 4.78 is 0. The molecule has 1 N–H and O–H groups in total. The van der Waals surface area contributed by atoms with E-state index in [9.17, 15) is 0 Å². The maximum absolute atomic E-state index is 8.90. The summed E-state index contributed by atoms with van der Waals surface area (Å²) in [6.07, 6.45) is 5.20. The van der Waals surface area contributed by atoms with Crippen molar-refractivity contribution >= 4 is 28.8 Å². The predicted octanol–water partition coefficient (Wildman–Crippen LogP) is 4.12. The van der Waals surface area contributed by atoms with E-state index in [0.29, 0.717) is 5.56 Å². The second-order valence-electron chi connectivity index (χ2n) is 7.17. The van der Waals surface area contributed by atoms with E-state index in [-0.39, 0.29) is 0 Å². The van der Waals surface area contributed by atoms with Gasteiger partial charge in [-0.25, -0.2) is 4.98 Å². The molecule has 1 aliphatic rings. The number of hydrogen-bond acceptors (Lipinski definition) is 4. The second kappa shape index (κ2) is 9.52. The average molecular weight is 394 g/mol. The summed E-state index contributed by atoms with van der Waals surface area (Å²) in [6, 6.07) is 12.4. The van der Waals surface area contributed by atoms with Crippen LogP contribution in [0.15, 0.2) is 36.5 Å². The van der Waals surface area contributed by atoms with E-state index < -0.39 is 0 Å². The number of nitrogens with one attached hydrogen (secondary N) is 1. The number of thiocarbonyl (C=S) groups is 1. The fourth-order valence-electron chi connectivity index (χ4n) is 3.37. The zero-order valence-corrected chi connectivity index (χ0v) is 17.4. The van der Waals surface area contributed by atoms with Crippen LogP contribution in [0.5, 0.6) is 0 Å². The Labute approximate surface area is 173 Å². The van der Waals surface area contributed by atoms with Gasteiger partial charge in [0.25, 0.3) is 0 Å². The Morgan fingerprint density at radius 1 is 1.21 bits per heavy atom. The lowest BCUT2D eigenvalue weighted by atomic mass is 10.0. The van der Waals surface area contributed by atoms with Gasteiger partial charge >= 0.3 is 0 Å². The Morgan fingerprint density at radius 3 is 2.61 bits per heavy atom. The summed E-state index contributed by atoms with van der Waals surface area (Å²) in [4.78, 5) is 8.83. The van der Waals surface area contributed by atoms with Crippen LogP contribution in [-0.4, -0.2) is 41.2 Å². The van der Waals surface area contributed by atoms with Crippen molar-refractivity contribution in [1.29, 1.82) is 5.26 Å². The maximum Gasteiger partial charge on any atom is 0.173 e. The van der Waals surface area contributed by atoms with E-state index in [4.69, 9.17) is 17.5 Å². The van der Waals surface area contributed by atoms with E-state index in [0.717, 1.165) is 49.2 Å². The number of aromatic nitrogens is 1. The van der Waals surface area contributed by atoms with E-state index in [1.807, 2.05) is 12.1 Å². The third-order valence-corrected chi connectivity index (χ3v) is 5.48. The first-order chi connectivity index (χ1) is 13.6. The number of hydrogen-bond donors (Lipinski definition) is 1. The molecule has 6 heteroatoms. The molecule has 0 atom stereocenters. The van der Waals surface area contributed by atoms with E-state index in [1.165, 1.54) is 24.0 Å².